The maximum Gasteiger partial charge on any atom is 0.257 e. The Balaban J connectivity index is 1.34. The molecule has 7 nitrogen and oxygen atoms in total. The molecule has 2 aliphatic rings. The minimum atomic E-state index is -0.896. The highest BCUT2D eigenvalue weighted by Gasteiger charge is 2.40. The topological polar surface area (TPSA) is 79.4 Å². The van der Waals surface area contributed by atoms with Crippen LogP contribution in [0.1, 0.15) is 31.4 Å². The van der Waals surface area contributed by atoms with E-state index in [-0.39, 0.29) is 11.9 Å². The lowest BCUT2D eigenvalue weighted by molar-refractivity contribution is -0.138. The number of halogens is 2. The zero-order chi connectivity index (χ0) is 23.2. The first-order valence-electron chi connectivity index (χ1n) is 11.4. The van der Waals surface area contributed by atoms with E-state index >= 15 is 0 Å². The molecule has 9 heteroatoms. The molecule has 33 heavy (non-hydrogen) atoms. The van der Waals surface area contributed by atoms with Gasteiger partial charge in [-0.05, 0) is 62.2 Å². The number of nitrogens with one attached hydrogen (secondary N) is 1. The Morgan fingerprint density at radius 3 is 2.64 bits per heavy atom. The van der Waals surface area contributed by atoms with Crippen LogP contribution in [0.3, 0.4) is 0 Å². The Kier molecular flexibility index (Phi) is 5.99. The second-order valence-electron chi connectivity index (χ2n) is 8.95. The first-order valence-corrected chi connectivity index (χ1v) is 12.1. The van der Waals surface area contributed by atoms with Gasteiger partial charge in [-0.3, -0.25) is 10.1 Å². The molecule has 0 saturated carbocycles. The minimum Gasteiger partial charge on any atom is -0.368 e. The van der Waals surface area contributed by atoms with Gasteiger partial charge in [-0.1, -0.05) is 29.3 Å². The maximum absolute atomic E-state index is 12.9. The predicted molar refractivity (Wildman–Crippen MR) is 133 cm³/mol. The largest absolute Gasteiger partial charge is 0.368 e. The lowest BCUT2D eigenvalue weighted by atomic mass is 10.1. The molecule has 0 aliphatic carbocycles. The Hall–Kier alpha value is -2.32. The molecule has 0 spiro atoms. The molecule has 2 unspecified atom stereocenters. The van der Waals surface area contributed by atoms with Crippen molar-refractivity contribution in [2.75, 3.05) is 37.6 Å². The molecule has 3 aromatic rings. The van der Waals surface area contributed by atoms with Crippen LogP contribution in [-0.2, 0) is 4.79 Å². The summed E-state index contributed by atoms with van der Waals surface area (Å²) in [4.78, 5) is 21.7. The molecule has 3 N–H and O–H groups in total. The van der Waals surface area contributed by atoms with Gasteiger partial charge in [0.25, 0.3) is 5.91 Å². The zero-order valence-corrected chi connectivity index (χ0v) is 20.1. The Morgan fingerprint density at radius 2 is 1.94 bits per heavy atom. The van der Waals surface area contributed by atoms with Crippen LogP contribution in [0.25, 0.3) is 11.0 Å². The fraction of sp³-hybridized carbons (Fsp3) is 0.417. The first kappa shape index (κ1) is 22.5. The number of benzene rings is 2. The quantitative estimate of drug-likeness (QED) is 0.588. The standard InChI is InChI=1S/C24H28Cl2N6O/c1-16(19-5-3-17(25)13-20(19)26)32-15-28-21-6-4-18(14-22(21)32)30-9-11-31(12-10-30)23(33)24(27)7-2-8-29-24/h3-6,13-16,29H,2,7-12,27H2,1H3. The predicted octanol–water partition coefficient (Wildman–Crippen LogP) is 3.64. The fourth-order valence-electron chi connectivity index (χ4n) is 4.91. The van der Waals surface area contributed by atoms with Gasteiger partial charge in [0.05, 0.1) is 23.4 Å². The molecule has 0 radical (unpaired) electrons. The Labute approximate surface area is 203 Å². The van der Waals surface area contributed by atoms with Gasteiger partial charge in [-0.2, -0.15) is 0 Å². The molecule has 2 aromatic carbocycles. The molecule has 174 valence electrons. The van der Waals surface area contributed by atoms with Crippen LogP contribution < -0.4 is 16.0 Å². The van der Waals surface area contributed by atoms with Gasteiger partial charge in [0.2, 0.25) is 0 Å². The fourth-order valence-corrected chi connectivity index (χ4v) is 5.48. The molecule has 2 fully saturated rings. The van der Waals surface area contributed by atoms with E-state index in [1.807, 2.05) is 29.4 Å². The van der Waals surface area contributed by atoms with Gasteiger partial charge in [0, 0.05) is 41.9 Å². The summed E-state index contributed by atoms with van der Waals surface area (Å²) >= 11 is 12.5. The second-order valence-corrected chi connectivity index (χ2v) is 9.79. The average molecular weight is 487 g/mol. The van der Waals surface area contributed by atoms with Crippen molar-refractivity contribution in [2.24, 2.45) is 5.73 Å². The minimum absolute atomic E-state index is 0.00383. The number of hydrogen-bond donors (Lipinski definition) is 2. The number of carbonyl (C=O) groups excluding carboxylic acids is 1. The molecular weight excluding hydrogens is 459 g/mol. The molecule has 1 aromatic heterocycles. The number of aromatic nitrogens is 2. The van der Waals surface area contributed by atoms with Crippen molar-refractivity contribution in [1.82, 2.24) is 19.8 Å². The first-order chi connectivity index (χ1) is 15.9. The van der Waals surface area contributed by atoms with Gasteiger partial charge < -0.3 is 20.1 Å². The van der Waals surface area contributed by atoms with E-state index < -0.39 is 5.66 Å². The summed E-state index contributed by atoms with van der Waals surface area (Å²) in [6, 6.07) is 11.9. The van der Waals surface area contributed by atoms with Crippen LogP contribution in [0.4, 0.5) is 5.69 Å². The Morgan fingerprint density at radius 1 is 1.15 bits per heavy atom. The smallest absolute Gasteiger partial charge is 0.257 e. The van der Waals surface area contributed by atoms with Crippen molar-refractivity contribution in [3.8, 4) is 0 Å². The molecule has 3 heterocycles. The summed E-state index contributed by atoms with van der Waals surface area (Å²) in [6.07, 6.45) is 3.49. The number of hydrogen-bond acceptors (Lipinski definition) is 5. The zero-order valence-electron chi connectivity index (χ0n) is 18.6. The van der Waals surface area contributed by atoms with E-state index in [2.05, 4.69) is 38.8 Å². The van der Waals surface area contributed by atoms with Crippen LogP contribution in [0.15, 0.2) is 42.7 Å². The van der Waals surface area contributed by atoms with Crippen LogP contribution in [-0.4, -0.2) is 58.7 Å². The second kappa shape index (κ2) is 8.80. The number of nitrogens with zero attached hydrogens (tertiary/aromatic N) is 4. The number of rotatable bonds is 4. The van der Waals surface area contributed by atoms with Crippen LogP contribution in [0.5, 0.6) is 0 Å². The Bertz CT molecular complexity index is 1180. The number of amides is 1. The van der Waals surface area contributed by atoms with Gasteiger partial charge >= 0.3 is 0 Å². The van der Waals surface area contributed by atoms with Gasteiger partial charge in [0.1, 0.15) is 5.66 Å². The molecule has 1 amide bonds. The van der Waals surface area contributed by atoms with Gasteiger partial charge in [0.15, 0.2) is 0 Å². The van der Waals surface area contributed by atoms with Gasteiger partial charge in [-0.25, -0.2) is 4.98 Å². The van der Waals surface area contributed by atoms with Crippen LogP contribution in [0, 0.1) is 0 Å². The van der Waals surface area contributed by atoms with E-state index in [0.717, 1.165) is 48.3 Å². The molecule has 5 rings (SSSR count). The number of nitrogens with two attached hydrogens (primary N) is 1. The van der Waals surface area contributed by atoms with Crippen molar-refractivity contribution in [3.05, 3.63) is 58.3 Å². The highest BCUT2D eigenvalue weighted by atomic mass is 35.5. The monoisotopic (exact) mass is 486 g/mol. The summed E-state index contributed by atoms with van der Waals surface area (Å²) in [5.74, 6) is 0.0156. The molecule has 0 bridgehead atoms. The van der Waals surface area contributed by atoms with Crippen molar-refractivity contribution >= 4 is 45.8 Å². The van der Waals surface area contributed by atoms with Gasteiger partial charge in [-0.15, -0.1) is 0 Å². The number of fused-ring (bicyclic) bond motifs is 1. The highest BCUT2D eigenvalue weighted by Crippen LogP contribution is 2.32. The van der Waals surface area contributed by atoms with Crippen LogP contribution in [0.2, 0.25) is 10.0 Å². The van der Waals surface area contributed by atoms with Crippen LogP contribution >= 0.6 is 23.2 Å². The average Bonchev–Trinajstić information content (AvgIpc) is 3.45. The number of anilines is 1. The molecule has 2 atom stereocenters. The molecule has 2 aliphatic heterocycles. The van der Waals surface area contributed by atoms with E-state index in [0.29, 0.717) is 29.6 Å². The number of carbonyl (C=O) groups is 1. The summed E-state index contributed by atoms with van der Waals surface area (Å²) in [7, 11) is 0. The van der Waals surface area contributed by atoms with E-state index in [4.69, 9.17) is 28.9 Å². The molecule has 2 saturated heterocycles. The summed E-state index contributed by atoms with van der Waals surface area (Å²) in [5.41, 5.74) is 9.49. The van der Waals surface area contributed by atoms with Crippen molar-refractivity contribution < 1.29 is 4.79 Å². The van der Waals surface area contributed by atoms with E-state index in [9.17, 15) is 4.79 Å². The number of imidazole rings is 1. The third kappa shape index (κ3) is 4.19. The highest BCUT2D eigenvalue weighted by molar-refractivity contribution is 6.35. The van der Waals surface area contributed by atoms with Crippen molar-refractivity contribution in [3.63, 3.8) is 0 Å². The third-order valence-electron chi connectivity index (χ3n) is 6.89. The summed E-state index contributed by atoms with van der Waals surface area (Å²) in [6.45, 7) is 5.75. The maximum atomic E-state index is 12.9. The van der Waals surface area contributed by atoms with Crippen molar-refractivity contribution in [2.45, 2.75) is 31.5 Å². The lowest BCUT2D eigenvalue weighted by Crippen LogP contribution is -2.63. The summed E-state index contributed by atoms with van der Waals surface area (Å²) in [5, 5.41) is 4.44. The van der Waals surface area contributed by atoms with E-state index in [1.165, 1.54) is 0 Å². The van der Waals surface area contributed by atoms with Crippen molar-refractivity contribution in [1.29, 1.82) is 0 Å². The SMILES string of the molecule is CC(c1ccc(Cl)cc1Cl)n1cnc2ccc(N3CCN(C(=O)C4(N)CCCN4)CC3)cc21. The number of piperazine rings is 1. The molecular formula is C24H28Cl2N6O. The van der Waals surface area contributed by atoms with E-state index in [1.54, 1.807) is 6.07 Å². The normalized spacial score (nSPS) is 22.2. The third-order valence-corrected chi connectivity index (χ3v) is 7.45. The lowest BCUT2D eigenvalue weighted by Gasteiger charge is -2.39. The summed E-state index contributed by atoms with van der Waals surface area (Å²) < 4.78 is 2.14.